The highest BCUT2D eigenvalue weighted by molar-refractivity contribution is 5.50. The molecule has 17 heavy (non-hydrogen) atoms. The van der Waals surface area contributed by atoms with E-state index in [2.05, 4.69) is 54.4 Å². The standard InChI is InChI=1S/C15H22N2/c1-12-5-4-10-17(11-12)15-8-6-14(7-9-15)13(2)16-3/h5-9,13,16H,4,10-11H2,1-3H3. The number of nitrogens with one attached hydrogen (secondary N) is 1. The molecule has 92 valence electrons. The second kappa shape index (κ2) is 5.37. The van der Waals surface area contributed by atoms with Crippen molar-refractivity contribution in [3.63, 3.8) is 0 Å². The maximum Gasteiger partial charge on any atom is 0.0386 e. The first-order valence-electron chi connectivity index (χ1n) is 6.38. The van der Waals surface area contributed by atoms with E-state index in [4.69, 9.17) is 0 Å². The van der Waals surface area contributed by atoms with E-state index in [0.29, 0.717) is 6.04 Å². The number of anilines is 1. The fourth-order valence-electron chi connectivity index (χ4n) is 2.27. The lowest BCUT2D eigenvalue weighted by Crippen LogP contribution is -2.29. The van der Waals surface area contributed by atoms with Crippen LogP contribution in [0.2, 0.25) is 0 Å². The Balaban J connectivity index is 2.10. The van der Waals surface area contributed by atoms with Gasteiger partial charge in [-0.3, -0.25) is 0 Å². The molecule has 0 saturated heterocycles. The van der Waals surface area contributed by atoms with E-state index in [1.165, 1.54) is 23.2 Å². The van der Waals surface area contributed by atoms with Crippen molar-refractivity contribution in [2.75, 3.05) is 25.0 Å². The average Bonchev–Trinajstić information content (AvgIpc) is 2.38. The SMILES string of the molecule is CNC(C)c1ccc(N2CCC=C(C)C2)cc1. The lowest BCUT2D eigenvalue weighted by atomic mass is 10.1. The highest BCUT2D eigenvalue weighted by Gasteiger charge is 2.11. The van der Waals surface area contributed by atoms with Crippen LogP contribution in [0.3, 0.4) is 0 Å². The Labute approximate surface area is 104 Å². The zero-order valence-electron chi connectivity index (χ0n) is 11.0. The molecule has 0 aromatic heterocycles. The van der Waals surface area contributed by atoms with Crippen molar-refractivity contribution in [2.45, 2.75) is 26.3 Å². The van der Waals surface area contributed by atoms with Gasteiger partial charge in [-0.2, -0.15) is 0 Å². The molecule has 1 aromatic carbocycles. The number of hydrogen-bond acceptors (Lipinski definition) is 2. The minimum atomic E-state index is 0.423. The zero-order chi connectivity index (χ0) is 12.3. The largest absolute Gasteiger partial charge is 0.367 e. The number of rotatable bonds is 3. The van der Waals surface area contributed by atoms with E-state index in [0.717, 1.165) is 13.1 Å². The molecule has 0 radical (unpaired) electrons. The van der Waals surface area contributed by atoms with Crippen LogP contribution in [-0.2, 0) is 0 Å². The Morgan fingerprint density at radius 1 is 1.24 bits per heavy atom. The first-order valence-corrected chi connectivity index (χ1v) is 6.38. The van der Waals surface area contributed by atoms with Gasteiger partial charge in [-0.15, -0.1) is 0 Å². The molecule has 0 saturated carbocycles. The lowest BCUT2D eigenvalue weighted by molar-refractivity contribution is 0.652. The third-order valence-electron chi connectivity index (χ3n) is 3.52. The van der Waals surface area contributed by atoms with Gasteiger partial charge in [0.1, 0.15) is 0 Å². The predicted molar refractivity (Wildman–Crippen MR) is 74.5 cm³/mol. The third kappa shape index (κ3) is 2.89. The van der Waals surface area contributed by atoms with E-state index in [9.17, 15) is 0 Å². The van der Waals surface area contributed by atoms with Gasteiger partial charge in [-0.1, -0.05) is 23.8 Å². The Hall–Kier alpha value is -1.28. The van der Waals surface area contributed by atoms with E-state index in [-0.39, 0.29) is 0 Å². The zero-order valence-corrected chi connectivity index (χ0v) is 11.0. The van der Waals surface area contributed by atoms with Crippen molar-refractivity contribution in [1.82, 2.24) is 5.32 Å². The van der Waals surface area contributed by atoms with Gasteiger partial charge in [0.05, 0.1) is 0 Å². The molecular weight excluding hydrogens is 208 g/mol. The van der Waals surface area contributed by atoms with E-state index >= 15 is 0 Å². The molecule has 2 heteroatoms. The Kier molecular flexibility index (Phi) is 3.85. The molecule has 2 nitrogen and oxygen atoms in total. The second-order valence-electron chi connectivity index (χ2n) is 4.86. The topological polar surface area (TPSA) is 15.3 Å². The highest BCUT2D eigenvalue weighted by atomic mass is 15.1. The molecular formula is C15H22N2. The van der Waals surface area contributed by atoms with Crippen molar-refractivity contribution in [1.29, 1.82) is 0 Å². The van der Waals surface area contributed by atoms with Gasteiger partial charge in [0.25, 0.3) is 0 Å². The number of nitrogens with zero attached hydrogens (tertiary/aromatic N) is 1. The summed E-state index contributed by atoms with van der Waals surface area (Å²) < 4.78 is 0. The summed E-state index contributed by atoms with van der Waals surface area (Å²) in [6, 6.07) is 9.35. The summed E-state index contributed by atoms with van der Waals surface area (Å²) in [5.74, 6) is 0. The summed E-state index contributed by atoms with van der Waals surface area (Å²) in [7, 11) is 2.00. The van der Waals surface area contributed by atoms with Crippen LogP contribution in [0.5, 0.6) is 0 Å². The van der Waals surface area contributed by atoms with Crippen LogP contribution in [0.1, 0.15) is 31.9 Å². The molecule has 1 unspecified atom stereocenters. The Bertz CT molecular complexity index is 392. The quantitative estimate of drug-likeness (QED) is 0.803. The Morgan fingerprint density at radius 2 is 1.94 bits per heavy atom. The fraction of sp³-hybridized carbons (Fsp3) is 0.467. The van der Waals surface area contributed by atoms with Crippen molar-refractivity contribution in [2.24, 2.45) is 0 Å². The minimum Gasteiger partial charge on any atom is -0.367 e. The Morgan fingerprint density at radius 3 is 2.53 bits per heavy atom. The predicted octanol–water partition coefficient (Wildman–Crippen LogP) is 3.12. The summed E-state index contributed by atoms with van der Waals surface area (Å²) in [6.45, 7) is 6.60. The van der Waals surface area contributed by atoms with Crippen molar-refractivity contribution in [3.05, 3.63) is 41.5 Å². The molecule has 1 N–H and O–H groups in total. The summed E-state index contributed by atoms with van der Waals surface area (Å²) in [6.07, 6.45) is 3.51. The van der Waals surface area contributed by atoms with Gasteiger partial charge in [0.15, 0.2) is 0 Å². The maximum absolute atomic E-state index is 3.26. The first kappa shape index (κ1) is 12.2. The fourth-order valence-corrected chi connectivity index (χ4v) is 2.27. The molecule has 0 fully saturated rings. The van der Waals surface area contributed by atoms with Crippen LogP contribution in [-0.4, -0.2) is 20.1 Å². The molecule has 1 atom stereocenters. The molecule has 1 aromatic rings. The molecule has 0 aliphatic carbocycles. The van der Waals surface area contributed by atoms with Crippen LogP contribution in [0, 0.1) is 0 Å². The van der Waals surface area contributed by atoms with Gasteiger partial charge in [0, 0.05) is 24.8 Å². The lowest BCUT2D eigenvalue weighted by Gasteiger charge is -2.28. The van der Waals surface area contributed by atoms with Gasteiger partial charge in [-0.05, 0) is 45.0 Å². The summed E-state index contributed by atoms with van der Waals surface area (Å²) in [5, 5.41) is 3.26. The van der Waals surface area contributed by atoms with Crippen LogP contribution in [0.25, 0.3) is 0 Å². The van der Waals surface area contributed by atoms with Crippen LogP contribution in [0.4, 0.5) is 5.69 Å². The third-order valence-corrected chi connectivity index (χ3v) is 3.52. The summed E-state index contributed by atoms with van der Waals surface area (Å²) in [5.41, 5.74) is 4.16. The summed E-state index contributed by atoms with van der Waals surface area (Å²) in [4.78, 5) is 2.45. The molecule has 0 amide bonds. The smallest absolute Gasteiger partial charge is 0.0386 e. The van der Waals surface area contributed by atoms with E-state index < -0.39 is 0 Å². The van der Waals surface area contributed by atoms with Crippen LogP contribution < -0.4 is 10.2 Å². The molecule has 1 heterocycles. The van der Waals surface area contributed by atoms with Crippen molar-refractivity contribution in [3.8, 4) is 0 Å². The number of hydrogen-bond donors (Lipinski definition) is 1. The molecule has 1 aliphatic heterocycles. The molecule has 2 rings (SSSR count). The first-order chi connectivity index (χ1) is 8.20. The van der Waals surface area contributed by atoms with Gasteiger partial charge >= 0.3 is 0 Å². The molecule has 0 spiro atoms. The number of benzene rings is 1. The van der Waals surface area contributed by atoms with E-state index in [1.54, 1.807) is 0 Å². The maximum atomic E-state index is 3.26. The van der Waals surface area contributed by atoms with Crippen molar-refractivity contribution < 1.29 is 0 Å². The van der Waals surface area contributed by atoms with Crippen molar-refractivity contribution >= 4 is 5.69 Å². The van der Waals surface area contributed by atoms with E-state index in [1.807, 2.05) is 7.05 Å². The molecule has 0 bridgehead atoms. The van der Waals surface area contributed by atoms with Gasteiger partial charge in [0.2, 0.25) is 0 Å². The van der Waals surface area contributed by atoms with Crippen LogP contribution in [0.15, 0.2) is 35.9 Å². The normalized spacial score (nSPS) is 17.8. The molecule has 1 aliphatic rings. The van der Waals surface area contributed by atoms with Crippen LogP contribution >= 0.6 is 0 Å². The average molecular weight is 230 g/mol. The summed E-state index contributed by atoms with van der Waals surface area (Å²) >= 11 is 0. The van der Waals surface area contributed by atoms with Gasteiger partial charge < -0.3 is 10.2 Å². The van der Waals surface area contributed by atoms with Gasteiger partial charge in [-0.25, -0.2) is 0 Å². The minimum absolute atomic E-state index is 0.423. The second-order valence-corrected chi connectivity index (χ2v) is 4.86. The highest BCUT2D eigenvalue weighted by Crippen LogP contribution is 2.22. The monoisotopic (exact) mass is 230 g/mol.